The van der Waals surface area contributed by atoms with E-state index in [4.69, 9.17) is 11.6 Å². The van der Waals surface area contributed by atoms with Crippen LogP contribution in [0.3, 0.4) is 0 Å². The molecule has 88 valence electrons. The molecule has 16 heavy (non-hydrogen) atoms. The normalized spacial score (nSPS) is 12.6. The molecule has 1 aromatic carbocycles. The number of hydrogen-bond acceptors (Lipinski definition) is 2. The fraction of sp³-hybridized carbons (Fsp3) is 0.364. The van der Waals surface area contributed by atoms with Crippen LogP contribution in [0.4, 0.5) is 8.78 Å². The maximum absolute atomic E-state index is 12.1. The van der Waals surface area contributed by atoms with Crippen molar-refractivity contribution in [2.45, 2.75) is 25.8 Å². The monoisotopic (exact) mass is 248 g/mol. The average molecular weight is 249 g/mol. The summed E-state index contributed by atoms with van der Waals surface area (Å²) >= 11 is 5.62. The molecule has 0 aliphatic heterocycles. The van der Waals surface area contributed by atoms with Crippen molar-refractivity contribution >= 4 is 17.4 Å². The summed E-state index contributed by atoms with van der Waals surface area (Å²) in [6.45, 7) is 0.242. The van der Waals surface area contributed by atoms with E-state index in [0.717, 1.165) is 5.56 Å². The molecule has 1 rings (SSSR count). The second-order valence-corrected chi connectivity index (χ2v) is 4.01. The topological polar surface area (TPSA) is 26.3 Å². The lowest BCUT2D eigenvalue weighted by atomic mass is 10.1. The van der Waals surface area contributed by atoms with Crippen LogP contribution in [0.25, 0.3) is 0 Å². The summed E-state index contributed by atoms with van der Waals surface area (Å²) in [6.07, 6.45) is 0. The molecule has 0 bridgehead atoms. The van der Waals surface area contributed by atoms with Gasteiger partial charge in [-0.15, -0.1) is 11.6 Å². The van der Waals surface area contributed by atoms with Crippen molar-refractivity contribution < 1.29 is 18.3 Å². The average Bonchev–Trinajstić information content (AvgIpc) is 2.15. The first-order valence-electron chi connectivity index (χ1n) is 4.65. The number of halogens is 3. The van der Waals surface area contributed by atoms with Gasteiger partial charge in [-0.05, 0) is 31.5 Å². The van der Waals surface area contributed by atoms with E-state index >= 15 is 0 Å². The number of benzene rings is 1. The molecule has 0 saturated carbocycles. The van der Waals surface area contributed by atoms with Crippen LogP contribution in [-0.2, 0) is 0 Å². The zero-order chi connectivity index (χ0) is 12.3. The van der Waals surface area contributed by atoms with Gasteiger partial charge in [0.25, 0.3) is 0 Å². The Balaban J connectivity index is 3.12. The van der Waals surface area contributed by atoms with E-state index in [-0.39, 0.29) is 11.3 Å². The first kappa shape index (κ1) is 12.9. The van der Waals surface area contributed by atoms with E-state index in [1.807, 2.05) is 0 Å². The molecule has 0 spiro atoms. The summed E-state index contributed by atoms with van der Waals surface area (Å²) in [4.78, 5) is 11.6. The molecular formula is C11H11ClF2O2. The number of ether oxygens (including phenoxy) is 1. The maximum atomic E-state index is 12.1. The van der Waals surface area contributed by atoms with Crippen LogP contribution in [0.1, 0.15) is 22.8 Å². The lowest BCUT2D eigenvalue weighted by Gasteiger charge is -2.11. The van der Waals surface area contributed by atoms with E-state index in [2.05, 4.69) is 4.74 Å². The molecular weight excluding hydrogens is 238 g/mol. The van der Waals surface area contributed by atoms with Gasteiger partial charge in [-0.2, -0.15) is 8.78 Å². The van der Waals surface area contributed by atoms with Gasteiger partial charge in [0.2, 0.25) is 0 Å². The van der Waals surface area contributed by atoms with Gasteiger partial charge < -0.3 is 4.74 Å². The van der Waals surface area contributed by atoms with Gasteiger partial charge in [-0.3, -0.25) is 4.79 Å². The number of rotatable bonds is 4. The standard InChI is InChI=1S/C11H11ClF2O2/c1-6-3-4-8(10(15)7(2)12)9(5-6)16-11(13)14/h3-5,7,11H,1-2H3. The van der Waals surface area contributed by atoms with Gasteiger partial charge in [-0.25, -0.2) is 0 Å². The van der Waals surface area contributed by atoms with E-state index in [1.165, 1.54) is 19.1 Å². The minimum atomic E-state index is -2.96. The predicted octanol–water partition coefficient (Wildman–Crippen LogP) is 3.41. The van der Waals surface area contributed by atoms with Gasteiger partial charge in [0.1, 0.15) is 5.75 Å². The number of carbonyl (C=O) groups is 1. The van der Waals surface area contributed by atoms with Crippen LogP contribution in [0.2, 0.25) is 0 Å². The Kier molecular flexibility index (Phi) is 4.24. The maximum Gasteiger partial charge on any atom is 0.387 e. The zero-order valence-electron chi connectivity index (χ0n) is 8.84. The molecule has 0 radical (unpaired) electrons. The smallest absolute Gasteiger partial charge is 0.387 e. The number of Topliss-reactive ketones (excluding diaryl/α,β-unsaturated/α-hetero) is 1. The summed E-state index contributed by atoms with van der Waals surface area (Å²) in [5.74, 6) is -0.565. The van der Waals surface area contributed by atoms with Gasteiger partial charge >= 0.3 is 6.61 Å². The summed E-state index contributed by atoms with van der Waals surface area (Å²) in [5, 5.41) is -0.775. The van der Waals surface area contributed by atoms with Crippen molar-refractivity contribution in [3.8, 4) is 5.75 Å². The molecule has 1 atom stereocenters. The van der Waals surface area contributed by atoms with Gasteiger partial charge in [0.15, 0.2) is 5.78 Å². The second kappa shape index (κ2) is 5.25. The number of carbonyl (C=O) groups excluding carboxylic acids is 1. The first-order chi connectivity index (χ1) is 7.41. The third-order valence-corrected chi connectivity index (χ3v) is 2.18. The van der Waals surface area contributed by atoms with Crippen molar-refractivity contribution in [1.29, 1.82) is 0 Å². The van der Waals surface area contributed by atoms with Gasteiger partial charge in [0.05, 0.1) is 10.9 Å². The summed E-state index contributed by atoms with van der Waals surface area (Å²) in [5.41, 5.74) is 0.808. The summed E-state index contributed by atoms with van der Waals surface area (Å²) < 4.78 is 28.5. The van der Waals surface area contributed by atoms with Crippen molar-refractivity contribution in [3.63, 3.8) is 0 Å². The Labute approximate surface area is 97.2 Å². The second-order valence-electron chi connectivity index (χ2n) is 3.36. The third kappa shape index (κ3) is 3.17. The van der Waals surface area contributed by atoms with Crippen LogP contribution in [0, 0.1) is 6.92 Å². The fourth-order valence-corrected chi connectivity index (χ4v) is 1.36. The lowest BCUT2D eigenvalue weighted by molar-refractivity contribution is -0.0501. The largest absolute Gasteiger partial charge is 0.434 e. The molecule has 0 saturated heterocycles. The molecule has 1 aromatic rings. The Morgan fingerprint density at radius 1 is 1.44 bits per heavy atom. The van der Waals surface area contributed by atoms with Crippen molar-refractivity contribution in [1.82, 2.24) is 0 Å². The summed E-state index contributed by atoms with van der Waals surface area (Å²) in [7, 11) is 0. The fourth-order valence-electron chi connectivity index (χ4n) is 1.24. The zero-order valence-corrected chi connectivity index (χ0v) is 9.59. The van der Waals surface area contributed by atoms with E-state index in [1.54, 1.807) is 13.0 Å². The molecule has 0 fully saturated rings. The highest BCUT2D eigenvalue weighted by Crippen LogP contribution is 2.24. The molecule has 0 aliphatic rings. The molecule has 0 heterocycles. The molecule has 0 aromatic heterocycles. The van der Waals surface area contributed by atoms with Crippen LogP contribution in [-0.4, -0.2) is 17.8 Å². The number of hydrogen-bond donors (Lipinski definition) is 0. The van der Waals surface area contributed by atoms with Crippen molar-refractivity contribution in [2.75, 3.05) is 0 Å². The van der Waals surface area contributed by atoms with Crippen LogP contribution in [0.5, 0.6) is 5.75 Å². The molecule has 0 amide bonds. The van der Waals surface area contributed by atoms with E-state index in [0.29, 0.717) is 0 Å². The lowest BCUT2D eigenvalue weighted by Crippen LogP contribution is -2.14. The minimum Gasteiger partial charge on any atom is -0.434 e. The quantitative estimate of drug-likeness (QED) is 0.603. The van der Waals surface area contributed by atoms with E-state index in [9.17, 15) is 13.6 Å². The molecule has 5 heteroatoms. The number of alkyl halides is 3. The highest BCUT2D eigenvalue weighted by atomic mass is 35.5. The molecule has 0 N–H and O–H groups in total. The summed E-state index contributed by atoms with van der Waals surface area (Å²) in [6, 6.07) is 4.47. The SMILES string of the molecule is Cc1ccc(C(=O)C(C)Cl)c(OC(F)F)c1. The number of aryl methyl sites for hydroxylation is 1. The number of ketones is 1. The molecule has 0 aliphatic carbocycles. The third-order valence-electron chi connectivity index (χ3n) is 1.98. The Bertz CT molecular complexity index is 392. The van der Waals surface area contributed by atoms with Crippen molar-refractivity contribution in [2.24, 2.45) is 0 Å². The molecule has 2 nitrogen and oxygen atoms in total. The van der Waals surface area contributed by atoms with Gasteiger partial charge in [0, 0.05) is 0 Å². The van der Waals surface area contributed by atoms with E-state index < -0.39 is 17.8 Å². The first-order valence-corrected chi connectivity index (χ1v) is 5.09. The highest BCUT2D eigenvalue weighted by Gasteiger charge is 2.19. The van der Waals surface area contributed by atoms with Gasteiger partial charge in [-0.1, -0.05) is 6.07 Å². The Morgan fingerprint density at radius 2 is 2.06 bits per heavy atom. The minimum absolute atomic E-state index is 0.0772. The van der Waals surface area contributed by atoms with Crippen LogP contribution < -0.4 is 4.74 Å². The van der Waals surface area contributed by atoms with Crippen molar-refractivity contribution in [3.05, 3.63) is 29.3 Å². The van der Waals surface area contributed by atoms with Crippen LogP contribution >= 0.6 is 11.6 Å². The predicted molar refractivity (Wildman–Crippen MR) is 57.5 cm³/mol. The molecule has 1 unspecified atom stereocenters. The van der Waals surface area contributed by atoms with Crippen LogP contribution in [0.15, 0.2) is 18.2 Å². The Hall–Kier alpha value is -1.16. The Morgan fingerprint density at radius 3 is 2.56 bits per heavy atom. The highest BCUT2D eigenvalue weighted by molar-refractivity contribution is 6.33.